The van der Waals surface area contributed by atoms with Gasteiger partial charge in [-0.1, -0.05) is 91.0 Å². The predicted molar refractivity (Wildman–Crippen MR) is 111 cm³/mol. The summed E-state index contributed by atoms with van der Waals surface area (Å²) in [5, 5.41) is 2.60. The van der Waals surface area contributed by atoms with E-state index in [1.54, 1.807) is 0 Å². The Labute approximate surface area is 154 Å². The fraction of sp³-hybridized carbons (Fsp3) is 0.0769. The van der Waals surface area contributed by atoms with E-state index in [4.69, 9.17) is 0 Å². The monoisotopic (exact) mass is 332 g/mol. The van der Waals surface area contributed by atoms with Gasteiger partial charge >= 0.3 is 0 Å². The Morgan fingerprint density at radius 2 is 1.31 bits per heavy atom. The summed E-state index contributed by atoms with van der Waals surface area (Å²) in [5.74, 6) is 0. The summed E-state index contributed by atoms with van der Waals surface area (Å²) in [7, 11) is 0. The third-order valence-electron chi connectivity index (χ3n) is 5.34. The minimum absolute atomic E-state index is 1.12. The molecule has 1 aliphatic carbocycles. The Morgan fingerprint density at radius 3 is 2.31 bits per heavy atom. The molecule has 4 aromatic carbocycles. The van der Waals surface area contributed by atoms with Crippen molar-refractivity contribution < 1.29 is 0 Å². The van der Waals surface area contributed by atoms with E-state index in [9.17, 15) is 0 Å². The molecule has 0 saturated carbocycles. The molecule has 0 heteroatoms. The maximum Gasteiger partial charge on any atom is -0.0105 e. The second-order valence-electron chi connectivity index (χ2n) is 6.92. The number of fused-ring (bicyclic) bond motifs is 2. The van der Waals surface area contributed by atoms with Gasteiger partial charge in [-0.3, -0.25) is 0 Å². The van der Waals surface area contributed by atoms with Gasteiger partial charge in [0.2, 0.25) is 0 Å². The van der Waals surface area contributed by atoms with Gasteiger partial charge in [0.1, 0.15) is 0 Å². The third-order valence-corrected chi connectivity index (χ3v) is 5.34. The highest BCUT2D eigenvalue weighted by atomic mass is 14.2. The molecule has 1 aliphatic rings. The SMILES string of the molecule is C1=C(c2cccc(-c3cccc4ccccc34)c2)c2ccccc2CC1. The summed E-state index contributed by atoms with van der Waals surface area (Å²) in [6.45, 7) is 0. The molecule has 0 radical (unpaired) electrons. The van der Waals surface area contributed by atoms with Gasteiger partial charge in [-0.15, -0.1) is 0 Å². The average molecular weight is 332 g/mol. The first kappa shape index (κ1) is 15.2. The van der Waals surface area contributed by atoms with Crippen LogP contribution in [0.5, 0.6) is 0 Å². The number of hydrogen-bond acceptors (Lipinski definition) is 0. The van der Waals surface area contributed by atoms with Crippen LogP contribution in [0, 0.1) is 0 Å². The van der Waals surface area contributed by atoms with Crippen LogP contribution in [0.4, 0.5) is 0 Å². The second-order valence-corrected chi connectivity index (χ2v) is 6.92. The summed E-state index contributed by atoms with van der Waals surface area (Å²) in [4.78, 5) is 0. The summed E-state index contributed by atoms with van der Waals surface area (Å²) in [6, 6.07) is 33.0. The highest BCUT2D eigenvalue weighted by Crippen LogP contribution is 2.35. The molecular formula is C26H20. The molecule has 0 spiro atoms. The van der Waals surface area contributed by atoms with Crippen molar-refractivity contribution in [2.24, 2.45) is 0 Å². The number of benzene rings is 4. The van der Waals surface area contributed by atoms with E-state index in [0.29, 0.717) is 0 Å². The fourth-order valence-corrected chi connectivity index (χ4v) is 4.09. The first-order valence-electron chi connectivity index (χ1n) is 9.27. The second kappa shape index (κ2) is 6.31. The Bertz CT molecular complexity index is 1130. The molecule has 26 heavy (non-hydrogen) atoms. The van der Waals surface area contributed by atoms with E-state index >= 15 is 0 Å². The zero-order valence-corrected chi connectivity index (χ0v) is 14.7. The van der Waals surface area contributed by atoms with E-state index < -0.39 is 0 Å². The van der Waals surface area contributed by atoms with Gasteiger partial charge in [-0.2, -0.15) is 0 Å². The van der Waals surface area contributed by atoms with Gasteiger partial charge in [-0.25, -0.2) is 0 Å². The molecule has 4 aromatic rings. The van der Waals surface area contributed by atoms with Gasteiger partial charge in [-0.05, 0) is 63.1 Å². The molecule has 0 atom stereocenters. The minimum atomic E-state index is 1.12. The van der Waals surface area contributed by atoms with Crippen molar-refractivity contribution in [3.8, 4) is 11.1 Å². The van der Waals surface area contributed by atoms with Crippen LogP contribution in [0.15, 0.2) is 97.1 Å². The number of allylic oxidation sites excluding steroid dienone is 1. The molecule has 0 nitrogen and oxygen atoms in total. The van der Waals surface area contributed by atoms with Crippen LogP contribution in [0.3, 0.4) is 0 Å². The lowest BCUT2D eigenvalue weighted by Crippen LogP contribution is -2.00. The maximum absolute atomic E-state index is 2.39. The molecule has 0 saturated heterocycles. The van der Waals surface area contributed by atoms with Gasteiger partial charge in [0.05, 0.1) is 0 Å². The Hall–Kier alpha value is -3.12. The third kappa shape index (κ3) is 2.55. The molecule has 0 aromatic heterocycles. The van der Waals surface area contributed by atoms with Gasteiger partial charge in [0, 0.05) is 0 Å². The Balaban J connectivity index is 1.65. The van der Waals surface area contributed by atoms with E-state index in [1.807, 2.05) is 0 Å². The van der Waals surface area contributed by atoms with Crippen LogP contribution < -0.4 is 0 Å². The van der Waals surface area contributed by atoms with E-state index in [-0.39, 0.29) is 0 Å². The van der Waals surface area contributed by atoms with Crippen molar-refractivity contribution in [1.82, 2.24) is 0 Å². The van der Waals surface area contributed by atoms with Crippen LogP contribution in [0.1, 0.15) is 23.1 Å². The van der Waals surface area contributed by atoms with Crippen LogP contribution in [0.2, 0.25) is 0 Å². The zero-order chi connectivity index (χ0) is 17.3. The quantitative estimate of drug-likeness (QED) is 0.375. The molecule has 0 heterocycles. The molecule has 5 rings (SSSR count). The van der Waals surface area contributed by atoms with Crippen molar-refractivity contribution >= 4 is 16.3 Å². The summed E-state index contributed by atoms with van der Waals surface area (Å²) in [5.41, 5.74) is 8.10. The lowest BCUT2D eigenvalue weighted by atomic mass is 9.86. The van der Waals surface area contributed by atoms with Crippen molar-refractivity contribution in [3.05, 3.63) is 114 Å². The number of aryl methyl sites for hydroxylation is 1. The smallest absolute Gasteiger partial charge is 0.0105 e. The molecular weight excluding hydrogens is 312 g/mol. The van der Waals surface area contributed by atoms with E-state index in [2.05, 4.69) is 97.1 Å². The fourth-order valence-electron chi connectivity index (χ4n) is 4.09. The topological polar surface area (TPSA) is 0 Å². The summed E-state index contributed by atoms with van der Waals surface area (Å²) < 4.78 is 0. The highest BCUT2D eigenvalue weighted by molar-refractivity contribution is 5.97. The molecule has 0 unspecified atom stereocenters. The summed E-state index contributed by atoms with van der Waals surface area (Å²) >= 11 is 0. The minimum Gasteiger partial charge on any atom is -0.0757 e. The predicted octanol–water partition coefficient (Wildman–Crippen LogP) is 6.88. The molecule has 124 valence electrons. The van der Waals surface area contributed by atoms with E-state index in [1.165, 1.54) is 44.2 Å². The molecule has 0 aliphatic heterocycles. The van der Waals surface area contributed by atoms with Crippen LogP contribution in [0.25, 0.3) is 27.5 Å². The van der Waals surface area contributed by atoms with Gasteiger partial charge < -0.3 is 0 Å². The normalized spacial score (nSPS) is 13.3. The summed E-state index contributed by atoms with van der Waals surface area (Å²) in [6.07, 6.45) is 4.65. The van der Waals surface area contributed by atoms with Crippen molar-refractivity contribution in [2.45, 2.75) is 12.8 Å². The van der Waals surface area contributed by atoms with Crippen molar-refractivity contribution in [3.63, 3.8) is 0 Å². The first-order valence-corrected chi connectivity index (χ1v) is 9.27. The van der Waals surface area contributed by atoms with Crippen LogP contribution in [-0.2, 0) is 6.42 Å². The van der Waals surface area contributed by atoms with Gasteiger partial charge in [0.25, 0.3) is 0 Å². The lowest BCUT2D eigenvalue weighted by molar-refractivity contribution is 0.978. The molecule has 0 fully saturated rings. The number of rotatable bonds is 2. The molecule has 0 bridgehead atoms. The van der Waals surface area contributed by atoms with Gasteiger partial charge in [0.15, 0.2) is 0 Å². The average Bonchev–Trinajstić information content (AvgIpc) is 2.73. The molecule has 0 N–H and O–H groups in total. The lowest BCUT2D eigenvalue weighted by Gasteiger charge is -2.19. The Morgan fingerprint density at radius 1 is 0.577 bits per heavy atom. The molecule has 0 amide bonds. The first-order chi connectivity index (χ1) is 12.9. The Kier molecular flexibility index (Phi) is 3.68. The number of hydrogen-bond donors (Lipinski definition) is 0. The van der Waals surface area contributed by atoms with E-state index in [0.717, 1.165) is 12.8 Å². The maximum atomic E-state index is 2.39. The largest absolute Gasteiger partial charge is 0.0757 e. The van der Waals surface area contributed by atoms with Crippen LogP contribution >= 0.6 is 0 Å². The van der Waals surface area contributed by atoms with Crippen molar-refractivity contribution in [1.29, 1.82) is 0 Å². The highest BCUT2D eigenvalue weighted by Gasteiger charge is 2.14. The van der Waals surface area contributed by atoms with Crippen molar-refractivity contribution in [2.75, 3.05) is 0 Å². The zero-order valence-electron chi connectivity index (χ0n) is 14.7. The van der Waals surface area contributed by atoms with Crippen LogP contribution in [-0.4, -0.2) is 0 Å². The standard InChI is InChI=1S/C26H20/c1-3-14-23-19(8-1)10-6-16-25(23)21-12-5-13-22(18-21)26-17-7-11-20-9-2-4-15-24(20)26/h1-6,8-10,12-18H,7,11H2.